The van der Waals surface area contributed by atoms with Crippen molar-refractivity contribution in [2.24, 2.45) is 5.84 Å². The Bertz CT molecular complexity index is 722. The van der Waals surface area contributed by atoms with Gasteiger partial charge in [-0.2, -0.15) is 0 Å². The molecule has 0 aliphatic carbocycles. The van der Waals surface area contributed by atoms with Crippen LogP contribution >= 0.6 is 15.9 Å². The van der Waals surface area contributed by atoms with E-state index in [1.54, 1.807) is 0 Å². The molecule has 0 amide bonds. The lowest BCUT2D eigenvalue weighted by Gasteiger charge is -2.10. The molecule has 6 nitrogen and oxygen atoms in total. The number of sulfonamides is 1. The highest BCUT2D eigenvalue weighted by atomic mass is 79.9. The summed E-state index contributed by atoms with van der Waals surface area (Å²) in [6, 6.07) is 6.41. The maximum Gasteiger partial charge on any atom is 0.263 e. The monoisotopic (exact) mass is 360 g/mol. The van der Waals surface area contributed by atoms with Gasteiger partial charge < -0.3 is 5.43 Å². The van der Waals surface area contributed by atoms with Crippen molar-refractivity contribution in [2.75, 3.05) is 10.1 Å². The highest BCUT2D eigenvalue weighted by Crippen LogP contribution is 2.25. The number of hydrogen-bond acceptors (Lipinski definition) is 5. The zero-order valence-corrected chi connectivity index (χ0v) is 12.4. The molecule has 4 N–H and O–H groups in total. The van der Waals surface area contributed by atoms with Gasteiger partial charge in [0.25, 0.3) is 10.0 Å². The van der Waals surface area contributed by atoms with Crippen LogP contribution in [0.5, 0.6) is 0 Å². The minimum Gasteiger partial charge on any atom is -0.308 e. The SMILES string of the molecule is NNc1ccc(S(=O)(=O)Nc2ccc(F)cc2Br)cn1. The molecule has 0 aliphatic heterocycles. The zero-order valence-electron chi connectivity index (χ0n) is 9.97. The van der Waals surface area contributed by atoms with Crippen LogP contribution in [0.25, 0.3) is 0 Å². The minimum absolute atomic E-state index is 0.0345. The fourth-order valence-corrected chi connectivity index (χ4v) is 3.01. The number of pyridine rings is 1. The molecule has 2 rings (SSSR count). The van der Waals surface area contributed by atoms with Gasteiger partial charge in [-0.25, -0.2) is 23.6 Å². The van der Waals surface area contributed by atoms with Crippen LogP contribution < -0.4 is 16.0 Å². The van der Waals surface area contributed by atoms with Crippen molar-refractivity contribution in [3.8, 4) is 0 Å². The van der Waals surface area contributed by atoms with Gasteiger partial charge >= 0.3 is 0 Å². The molecular formula is C11H10BrFN4O2S. The van der Waals surface area contributed by atoms with Crippen LogP contribution in [0, 0.1) is 5.82 Å². The van der Waals surface area contributed by atoms with E-state index in [-0.39, 0.29) is 10.6 Å². The van der Waals surface area contributed by atoms with E-state index >= 15 is 0 Å². The van der Waals surface area contributed by atoms with E-state index in [2.05, 4.69) is 31.1 Å². The Morgan fingerprint density at radius 1 is 1.25 bits per heavy atom. The molecule has 0 saturated heterocycles. The van der Waals surface area contributed by atoms with Gasteiger partial charge in [0, 0.05) is 10.7 Å². The second kappa shape index (κ2) is 5.73. The van der Waals surface area contributed by atoms with Crippen LogP contribution in [0.1, 0.15) is 0 Å². The zero-order chi connectivity index (χ0) is 14.8. The number of nitrogens with one attached hydrogen (secondary N) is 2. The summed E-state index contributed by atoms with van der Waals surface area (Å²) >= 11 is 3.09. The summed E-state index contributed by atoms with van der Waals surface area (Å²) in [5.74, 6) is 5.01. The Morgan fingerprint density at radius 2 is 2.00 bits per heavy atom. The lowest BCUT2D eigenvalue weighted by atomic mass is 10.3. The predicted octanol–water partition coefficient (Wildman–Crippen LogP) is 2.07. The van der Waals surface area contributed by atoms with Crippen molar-refractivity contribution in [2.45, 2.75) is 4.90 Å². The summed E-state index contributed by atoms with van der Waals surface area (Å²) < 4.78 is 39.8. The van der Waals surface area contributed by atoms with E-state index in [1.165, 1.54) is 18.2 Å². The third-order valence-electron chi connectivity index (χ3n) is 2.37. The Hall–Kier alpha value is -1.71. The third kappa shape index (κ3) is 3.24. The van der Waals surface area contributed by atoms with Gasteiger partial charge in [-0.3, -0.25) is 4.72 Å². The number of nitrogens with zero attached hydrogens (tertiary/aromatic N) is 1. The Kier molecular flexibility index (Phi) is 4.21. The summed E-state index contributed by atoms with van der Waals surface area (Å²) in [6.45, 7) is 0. The topological polar surface area (TPSA) is 97.1 Å². The lowest BCUT2D eigenvalue weighted by Crippen LogP contribution is -2.14. The number of aromatic nitrogens is 1. The molecule has 0 fully saturated rings. The Balaban J connectivity index is 2.30. The average Bonchev–Trinajstić information content (AvgIpc) is 2.42. The van der Waals surface area contributed by atoms with Crippen LogP contribution in [-0.4, -0.2) is 13.4 Å². The van der Waals surface area contributed by atoms with Crippen molar-refractivity contribution in [3.05, 3.63) is 46.8 Å². The van der Waals surface area contributed by atoms with Gasteiger partial charge in [0.05, 0.1) is 5.69 Å². The smallest absolute Gasteiger partial charge is 0.263 e. The molecule has 0 atom stereocenters. The summed E-state index contributed by atoms with van der Waals surface area (Å²) in [4.78, 5) is 3.78. The van der Waals surface area contributed by atoms with Gasteiger partial charge in [-0.15, -0.1) is 0 Å². The Labute approximate surface area is 123 Å². The summed E-state index contributed by atoms with van der Waals surface area (Å²) in [7, 11) is -3.81. The standard InChI is InChI=1S/C11H10BrFN4O2S/c12-9-5-7(13)1-3-10(9)17-20(18,19)8-2-4-11(16-14)15-6-8/h1-6,17H,14H2,(H,15,16). The van der Waals surface area contributed by atoms with Gasteiger partial charge in [0.1, 0.15) is 16.5 Å². The van der Waals surface area contributed by atoms with Crippen molar-refractivity contribution in [1.29, 1.82) is 0 Å². The first kappa shape index (κ1) is 14.7. The maximum atomic E-state index is 13.0. The van der Waals surface area contributed by atoms with Crippen molar-refractivity contribution >= 4 is 37.5 Å². The second-order valence-electron chi connectivity index (χ2n) is 3.75. The van der Waals surface area contributed by atoms with Crippen LogP contribution in [0.4, 0.5) is 15.9 Å². The number of anilines is 2. The molecule has 0 saturated carbocycles. The minimum atomic E-state index is -3.81. The van der Waals surface area contributed by atoms with Crippen molar-refractivity contribution in [3.63, 3.8) is 0 Å². The fourth-order valence-electron chi connectivity index (χ4n) is 1.40. The molecule has 2 aromatic rings. The van der Waals surface area contributed by atoms with Crippen LogP contribution in [0.2, 0.25) is 0 Å². The van der Waals surface area contributed by atoms with E-state index in [9.17, 15) is 12.8 Å². The molecule has 0 aliphatic rings. The number of hydrogen-bond donors (Lipinski definition) is 3. The molecule has 1 aromatic carbocycles. The molecule has 106 valence electrons. The largest absolute Gasteiger partial charge is 0.308 e. The first-order valence-electron chi connectivity index (χ1n) is 5.33. The third-order valence-corrected chi connectivity index (χ3v) is 4.38. The van der Waals surface area contributed by atoms with Crippen molar-refractivity contribution in [1.82, 2.24) is 4.98 Å². The summed E-state index contributed by atoms with van der Waals surface area (Å²) in [5.41, 5.74) is 2.52. The van der Waals surface area contributed by atoms with E-state index in [1.807, 2.05) is 0 Å². The van der Waals surface area contributed by atoms with Gasteiger partial charge in [0.2, 0.25) is 0 Å². The molecule has 9 heteroatoms. The van der Waals surface area contributed by atoms with Crippen LogP contribution in [0.3, 0.4) is 0 Å². The van der Waals surface area contributed by atoms with E-state index in [0.717, 1.165) is 18.3 Å². The average molecular weight is 361 g/mol. The molecule has 1 aromatic heterocycles. The quantitative estimate of drug-likeness (QED) is 0.572. The first-order chi connectivity index (χ1) is 9.42. The fraction of sp³-hybridized carbons (Fsp3) is 0. The van der Waals surface area contributed by atoms with Crippen LogP contribution in [0.15, 0.2) is 45.9 Å². The molecule has 1 heterocycles. The number of rotatable bonds is 4. The number of nitrogen functional groups attached to an aromatic ring is 1. The molecule has 0 bridgehead atoms. The second-order valence-corrected chi connectivity index (χ2v) is 6.29. The molecular weight excluding hydrogens is 351 g/mol. The van der Waals surface area contributed by atoms with Crippen molar-refractivity contribution < 1.29 is 12.8 Å². The lowest BCUT2D eigenvalue weighted by molar-refractivity contribution is 0.600. The highest BCUT2D eigenvalue weighted by Gasteiger charge is 2.16. The van der Waals surface area contributed by atoms with E-state index in [0.29, 0.717) is 10.3 Å². The summed E-state index contributed by atoms with van der Waals surface area (Å²) in [6.07, 6.45) is 1.16. The molecule has 0 spiro atoms. The normalized spacial score (nSPS) is 11.2. The number of halogens is 2. The first-order valence-corrected chi connectivity index (χ1v) is 7.60. The van der Waals surface area contributed by atoms with Gasteiger partial charge in [-0.1, -0.05) is 0 Å². The number of hydrazine groups is 1. The van der Waals surface area contributed by atoms with E-state index in [4.69, 9.17) is 5.84 Å². The molecule has 0 unspecified atom stereocenters. The predicted molar refractivity (Wildman–Crippen MR) is 77.0 cm³/mol. The van der Waals surface area contributed by atoms with Gasteiger partial charge in [0.15, 0.2) is 0 Å². The maximum absolute atomic E-state index is 13.0. The van der Waals surface area contributed by atoms with E-state index < -0.39 is 15.8 Å². The van der Waals surface area contributed by atoms with Crippen LogP contribution in [-0.2, 0) is 10.0 Å². The summed E-state index contributed by atoms with van der Waals surface area (Å²) in [5, 5.41) is 0. The van der Waals surface area contributed by atoms with Gasteiger partial charge in [-0.05, 0) is 46.3 Å². The molecule has 20 heavy (non-hydrogen) atoms. The number of nitrogens with two attached hydrogens (primary N) is 1. The highest BCUT2D eigenvalue weighted by molar-refractivity contribution is 9.10. The number of benzene rings is 1. The molecule has 0 radical (unpaired) electrons. The Morgan fingerprint density at radius 3 is 2.55 bits per heavy atom.